The summed E-state index contributed by atoms with van der Waals surface area (Å²) >= 11 is 0. The van der Waals surface area contributed by atoms with E-state index >= 15 is 0 Å². The van der Waals surface area contributed by atoms with Gasteiger partial charge in [-0.2, -0.15) is 5.10 Å². The molecule has 0 saturated heterocycles. The Bertz CT molecular complexity index is 394. The quantitative estimate of drug-likeness (QED) is 0.741. The fourth-order valence-electron chi connectivity index (χ4n) is 1.68. The summed E-state index contributed by atoms with van der Waals surface area (Å²) in [4.78, 5) is 13.8. The summed E-state index contributed by atoms with van der Waals surface area (Å²) < 4.78 is 1.57. The second-order valence-corrected chi connectivity index (χ2v) is 4.04. The molecule has 0 bridgehead atoms. The second kappa shape index (κ2) is 4.38. The first-order valence-corrected chi connectivity index (χ1v) is 5.39. The van der Waals surface area contributed by atoms with Crippen molar-refractivity contribution in [2.45, 2.75) is 25.4 Å². The smallest absolute Gasteiger partial charge is 0.244 e. The number of hydrogen-bond acceptors (Lipinski definition) is 3. The van der Waals surface area contributed by atoms with E-state index in [1.165, 1.54) is 0 Å². The Balaban J connectivity index is 1.97. The Morgan fingerprint density at radius 1 is 1.75 bits per heavy atom. The van der Waals surface area contributed by atoms with E-state index in [1.807, 2.05) is 4.90 Å². The van der Waals surface area contributed by atoms with Crippen LogP contribution in [-0.4, -0.2) is 33.2 Å². The number of carbonyl (C=O) groups is 1. The second-order valence-electron chi connectivity index (χ2n) is 4.04. The maximum Gasteiger partial charge on any atom is 0.244 e. The monoisotopic (exact) mass is 220 g/mol. The van der Waals surface area contributed by atoms with Crippen molar-refractivity contribution in [1.29, 1.82) is 0 Å². The van der Waals surface area contributed by atoms with E-state index in [2.05, 4.69) is 11.7 Å². The molecule has 1 aromatic rings. The van der Waals surface area contributed by atoms with Gasteiger partial charge in [-0.25, -0.2) is 0 Å². The zero-order valence-corrected chi connectivity index (χ0v) is 9.17. The Hall–Kier alpha value is -1.78. The van der Waals surface area contributed by atoms with Gasteiger partial charge in [0, 0.05) is 18.8 Å². The van der Waals surface area contributed by atoms with Gasteiger partial charge in [0.2, 0.25) is 5.91 Å². The van der Waals surface area contributed by atoms with E-state index in [1.54, 1.807) is 23.2 Å². The summed E-state index contributed by atoms with van der Waals surface area (Å²) in [6, 6.07) is 0.401. The standard InChI is InChI=1S/C11H16N4O/c1-2-5-15(10-3-4-10)11(16)8-14-7-9(12)6-13-14/h2,6-7,10H,1,3-5,8,12H2. The highest BCUT2D eigenvalue weighted by atomic mass is 16.2. The molecule has 0 spiro atoms. The third-order valence-electron chi connectivity index (χ3n) is 2.58. The molecule has 5 nitrogen and oxygen atoms in total. The first-order chi connectivity index (χ1) is 7.70. The van der Waals surface area contributed by atoms with Gasteiger partial charge in [0.1, 0.15) is 6.54 Å². The lowest BCUT2D eigenvalue weighted by Gasteiger charge is -2.20. The summed E-state index contributed by atoms with van der Waals surface area (Å²) in [5.41, 5.74) is 6.12. The zero-order valence-electron chi connectivity index (χ0n) is 9.17. The van der Waals surface area contributed by atoms with E-state index in [-0.39, 0.29) is 12.5 Å². The summed E-state index contributed by atoms with van der Waals surface area (Å²) in [6.07, 6.45) is 7.16. The maximum absolute atomic E-state index is 12.0. The summed E-state index contributed by atoms with van der Waals surface area (Å²) in [5.74, 6) is 0.0745. The number of rotatable bonds is 5. The molecule has 1 aliphatic carbocycles. The van der Waals surface area contributed by atoms with Crippen molar-refractivity contribution in [2.75, 3.05) is 12.3 Å². The molecule has 2 N–H and O–H groups in total. The van der Waals surface area contributed by atoms with Crippen LogP contribution < -0.4 is 5.73 Å². The lowest BCUT2D eigenvalue weighted by Crippen LogP contribution is -2.35. The maximum atomic E-state index is 12.0. The SMILES string of the molecule is C=CCN(C(=O)Cn1cc(N)cn1)C1CC1. The van der Waals surface area contributed by atoms with Gasteiger partial charge >= 0.3 is 0 Å². The van der Waals surface area contributed by atoms with Crippen molar-refractivity contribution in [3.8, 4) is 0 Å². The molecule has 0 unspecified atom stereocenters. The van der Waals surface area contributed by atoms with Crippen molar-refractivity contribution in [1.82, 2.24) is 14.7 Å². The average molecular weight is 220 g/mol. The normalized spacial score (nSPS) is 14.8. The molecule has 0 atom stereocenters. The lowest BCUT2D eigenvalue weighted by atomic mass is 10.4. The van der Waals surface area contributed by atoms with Crippen LogP contribution in [0.15, 0.2) is 25.0 Å². The number of aromatic nitrogens is 2. The van der Waals surface area contributed by atoms with E-state index in [0.29, 0.717) is 18.3 Å². The molecule has 86 valence electrons. The number of amides is 1. The third kappa shape index (κ3) is 2.42. The molecule has 1 aliphatic rings. The van der Waals surface area contributed by atoms with E-state index in [4.69, 9.17) is 5.73 Å². The fourth-order valence-corrected chi connectivity index (χ4v) is 1.68. The van der Waals surface area contributed by atoms with Crippen LogP contribution in [0.5, 0.6) is 0 Å². The van der Waals surface area contributed by atoms with Crippen molar-refractivity contribution in [2.24, 2.45) is 0 Å². The molecule has 0 radical (unpaired) electrons. The Morgan fingerprint density at radius 3 is 3.00 bits per heavy atom. The predicted molar refractivity (Wildman–Crippen MR) is 61.6 cm³/mol. The number of anilines is 1. The van der Waals surface area contributed by atoms with Gasteiger partial charge in [0.25, 0.3) is 0 Å². The molecule has 1 saturated carbocycles. The summed E-state index contributed by atoms with van der Waals surface area (Å²) in [6.45, 7) is 4.53. The molecule has 1 amide bonds. The highest BCUT2D eigenvalue weighted by Crippen LogP contribution is 2.26. The van der Waals surface area contributed by atoms with Crippen LogP contribution in [0.1, 0.15) is 12.8 Å². The number of nitrogen functional groups attached to an aromatic ring is 1. The van der Waals surface area contributed by atoms with Gasteiger partial charge in [-0.1, -0.05) is 6.08 Å². The molecular formula is C11H16N4O. The van der Waals surface area contributed by atoms with Crippen LogP contribution in [0.2, 0.25) is 0 Å². The molecule has 0 aliphatic heterocycles. The van der Waals surface area contributed by atoms with Crippen molar-refractivity contribution in [3.05, 3.63) is 25.0 Å². The van der Waals surface area contributed by atoms with Crippen molar-refractivity contribution >= 4 is 11.6 Å². The van der Waals surface area contributed by atoms with Crippen LogP contribution in [0.3, 0.4) is 0 Å². The molecule has 1 fully saturated rings. The fraction of sp³-hybridized carbons (Fsp3) is 0.455. The minimum atomic E-state index is 0.0745. The first-order valence-electron chi connectivity index (χ1n) is 5.39. The number of carbonyl (C=O) groups excluding carboxylic acids is 1. The molecule has 1 aromatic heterocycles. The van der Waals surface area contributed by atoms with Gasteiger partial charge in [0.05, 0.1) is 11.9 Å². The molecule has 0 aromatic carbocycles. The van der Waals surface area contributed by atoms with Crippen LogP contribution in [-0.2, 0) is 11.3 Å². The van der Waals surface area contributed by atoms with E-state index in [9.17, 15) is 4.79 Å². The average Bonchev–Trinajstić information content (AvgIpc) is 3.00. The van der Waals surface area contributed by atoms with Gasteiger partial charge < -0.3 is 10.6 Å². The molecular weight excluding hydrogens is 204 g/mol. The van der Waals surface area contributed by atoms with Gasteiger partial charge in [-0.15, -0.1) is 6.58 Å². The highest BCUT2D eigenvalue weighted by Gasteiger charge is 2.31. The summed E-state index contributed by atoms with van der Waals surface area (Å²) in [7, 11) is 0. The predicted octanol–water partition coefficient (Wildman–Crippen LogP) is 0.642. The minimum absolute atomic E-state index is 0.0745. The van der Waals surface area contributed by atoms with Crippen LogP contribution in [0.25, 0.3) is 0 Å². The van der Waals surface area contributed by atoms with Crippen LogP contribution in [0.4, 0.5) is 5.69 Å². The highest BCUT2D eigenvalue weighted by molar-refractivity contribution is 5.76. The van der Waals surface area contributed by atoms with Gasteiger partial charge in [-0.3, -0.25) is 9.48 Å². The molecule has 16 heavy (non-hydrogen) atoms. The molecule has 5 heteroatoms. The molecule has 2 rings (SSSR count). The minimum Gasteiger partial charge on any atom is -0.396 e. The first kappa shape index (κ1) is 10.7. The largest absolute Gasteiger partial charge is 0.396 e. The van der Waals surface area contributed by atoms with Crippen molar-refractivity contribution in [3.63, 3.8) is 0 Å². The summed E-state index contributed by atoms with van der Waals surface area (Å²) in [5, 5.41) is 4.00. The topological polar surface area (TPSA) is 64.2 Å². The van der Waals surface area contributed by atoms with Gasteiger partial charge in [-0.05, 0) is 12.8 Å². The third-order valence-corrected chi connectivity index (χ3v) is 2.58. The van der Waals surface area contributed by atoms with E-state index < -0.39 is 0 Å². The Kier molecular flexibility index (Phi) is 2.94. The van der Waals surface area contributed by atoms with Crippen LogP contribution in [0, 0.1) is 0 Å². The Morgan fingerprint density at radius 2 is 2.50 bits per heavy atom. The zero-order chi connectivity index (χ0) is 11.5. The number of nitrogens with two attached hydrogens (primary N) is 1. The Labute approximate surface area is 94.5 Å². The number of hydrogen-bond donors (Lipinski definition) is 1. The molecule has 1 heterocycles. The van der Waals surface area contributed by atoms with Crippen molar-refractivity contribution < 1.29 is 4.79 Å². The lowest BCUT2D eigenvalue weighted by molar-refractivity contribution is -0.132. The van der Waals surface area contributed by atoms with E-state index in [0.717, 1.165) is 12.8 Å². The van der Waals surface area contributed by atoms with Gasteiger partial charge in [0.15, 0.2) is 0 Å². The van der Waals surface area contributed by atoms with Crippen LogP contribution >= 0.6 is 0 Å². The number of nitrogens with zero attached hydrogens (tertiary/aromatic N) is 3.